The number of amides is 2. The molecule has 0 saturated carbocycles. The normalized spacial score (nSPS) is 18.1. The number of benzene rings is 1. The van der Waals surface area contributed by atoms with Gasteiger partial charge in [0.15, 0.2) is 5.66 Å². The summed E-state index contributed by atoms with van der Waals surface area (Å²) in [6.45, 7) is 9.04. The van der Waals surface area contributed by atoms with Crippen molar-refractivity contribution in [1.29, 1.82) is 0 Å². The molecule has 11 heteroatoms. The van der Waals surface area contributed by atoms with Gasteiger partial charge >= 0.3 is 0 Å². The summed E-state index contributed by atoms with van der Waals surface area (Å²) in [4.78, 5) is 30.8. The van der Waals surface area contributed by atoms with Crippen molar-refractivity contribution in [2.75, 3.05) is 13.1 Å². The molecule has 2 N–H and O–H groups in total. The summed E-state index contributed by atoms with van der Waals surface area (Å²) in [6, 6.07) is 11.4. The summed E-state index contributed by atoms with van der Waals surface area (Å²) < 4.78 is 17.8. The largest absolute Gasteiger partial charge is 0.489 e. The fraction of sp³-hybridized carbons (Fsp3) is 0.259. The number of hydrogen-bond acceptors (Lipinski definition) is 7. The number of carbonyl (C=O) groups excluding carboxylic acids is 2. The lowest BCUT2D eigenvalue weighted by Crippen LogP contribution is -2.60. The zero-order valence-electron chi connectivity index (χ0n) is 21.0. The molecule has 1 fully saturated rings. The molecule has 5 heterocycles. The predicted octanol–water partition coefficient (Wildman–Crippen LogP) is 2.91. The van der Waals surface area contributed by atoms with E-state index in [9.17, 15) is 9.59 Å². The fourth-order valence-electron chi connectivity index (χ4n) is 5.27. The van der Waals surface area contributed by atoms with Crippen LogP contribution in [0.1, 0.15) is 48.9 Å². The average Bonchev–Trinajstić information content (AvgIpc) is 3.69. The Balaban J connectivity index is 0.00000294. The summed E-state index contributed by atoms with van der Waals surface area (Å²) in [6.07, 6.45) is 4.75. The van der Waals surface area contributed by atoms with E-state index in [1.807, 2.05) is 54.1 Å². The number of carbonyl (C=O) groups is 2. The molecule has 0 spiro atoms. The SMILES string of the molecule is C=C(OCc1ccc(C23Cn4cccc4C(=O)N2CCN3C(=O)c2conc2C)cc1)c1conc1C.O. The van der Waals surface area contributed by atoms with Gasteiger partial charge in [0.2, 0.25) is 0 Å². The molecule has 1 atom stereocenters. The highest BCUT2D eigenvalue weighted by molar-refractivity contribution is 5.98. The molecule has 38 heavy (non-hydrogen) atoms. The summed E-state index contributed by atoms with van der Waals surface area (Å²) in [5.74, 6) is 0.140. The van der Waals surface area contributed by atoms with Crippen LogP contribution in [0.15, 0.2) is 70.7 Å². The zero-order valence-corrected chi connectivity index (χ0v) is 21.0. The zero-order chi connectivity index (χ0) is 25.7. The molecule has 2 aliphatic heterocycles. The highest BCUT2D eigenvalue weighted by atomic mass is 16.5. The fourth-order valence-corrected chi connectivity index (χ4v) is 5.27. The van der Waals surface area contributed by atoms with Gasteiger partial charge in [-0.15, -0.1) is 0 Å². The summed E-state index contributed by atoms with van der Waals surface area (Å²) in [5.41, 5.74) is 3.69. The first-order chi connectivity index (χ1) is 17.9. The van der Waals surface area contributed by atoms with E-state index in [2.05, 4.69) is 16.9 Å². The summed E-state index contributed by atoms with van der Waals surface area (Å²) in [5, 5.41) is 7.74. The van der Waals surface area contributed by atoms with Gasteiger partial charge < -0.3 is 33.6 Å². The molecule has 2 aliphatic rings. The Morgan fingerprint density at radius 3 is 2.39 bits per heavy atom. The molecular weight excluding hydrogens is 490 g/mol. The third-order valence-corrected chi connectivity index (χ3v) is 7.23. The van der Waals surface area contributed by atoms with Gasteiger partial charge in [-0.05, 0) is 37.1 Å². The van der Waals surface area contributed by atoms with Gasteiger partial charge in [-0.3, -0.25) is 9.59 Å². The topological polar surface area (TPSA) is 138 Å². The van der Waals surface area contributed by atoms with Gasteiger partial charge in [0.1, 0.15) is 36.1 Å². The maximum Gasteiger partial charge on any atom is 0.272 e. The third kappa shape index (κ3) is 3.70. The van der Waals surface area contributed by atoms with E-state index in [0.29, 0.717) is 54.6 Å². The molecule has 1 saturated heterocycles. The van der Waals surface area contributed by atoms with Crippen LogP contribution in [0.4, 0.5) is 0 Å². The Morgan fingerprint density at radius 2 is 1.74 bits per heavy atom. The van der Waals surface area contributed by atoms with Crippen LogP contribution in [0, 0.1) is 13.8 Å². The second-order valence-electron chi connectivity index (χ2n) is 9.29. The van der Waals surface area contributed by atoms with Crippen LogP contribution in [0.25, 0.3) is 5.76 Å². The summed E-state index contributed by atoms with van der Waals surface area (Å²) >= 11 is 0. The Kier molecular flexibility index (Phi) is 6.15. The van der Waals surface area contributed by atoms with Crippen molar-refractivity contribution in [2.24, 2.45) is 0 Å². The van der Waals surface area contributed by atoms with Gasteiger partial charge in [-0.25, -0.2) is 0 Å². The van der Waals surface area contributed by atoms with E-state index in [4.69, 9.17) is 13.8 Å². The molecule has 1 unspecified atom stereocenters. The van der Waals surface area contributed by atoms with Crippen molar-refractivity contribution in [3.8, 4) is 0 Å². The van der Waals surface area contributed by atoms with Gasteiger partial charge in [-0.1, -0.05) is 41.2 Å². The molecule has 11 nitrogen and oxygen atoms in total. The Bertz CT molecular complexity index is 1520. The van der Waals surface area contributed by atoms with E-state index in [1.165, 1.54) is 12.5 Å². The van der Waals surface area contributed by atoms with Crippen molar-refractivity contribution in [1.82, 2.24) is 24.7 Å². The van der Waals surface area contributed by atoms with E-state index < -0.39 is 5.66 Å². The number of aryl methyl sites for hydroxylation is 2. The lowest BCUT2D eigenvalue weighted by molar-refractivity contribution is -0.00599. The van der Waals surface area contributed by atoms with E-state index >= 15 is 0 Å². The van der Waals surface area contributed by atoms with Crippen molar-refractivity contribution in [3.63, 3.8) is 0 Å². The molecule has 1 aromatic carbocycles. The van der Waals surface area contributed by atoms with E-state index in [1.54, 1.807) is 16.7 Å². The maximum absolute atomic E-state index is 13.7. The van der Waals surface area contributed by atoms with E-state index in [-0.39, 0.29) is 17.3 Å². The minimum atomic E-state index is -0.994. The molecule has 0 radical (unpaired) electrons. The Hall–Kier alpha value is -4.64. The van der Waals surface area contributed by atoms with E-state index in [0.717, 1.165) is 16.7 Å². The molecule has 6 rings (SSSR count). The van der Waals surface area contributed by atoms with Crippen molar-refractivity contribution in [2.45, 2.75) is 32.7 Å². The van der Waals surface area contributed by atoms with Crippen LogP contribution in [0.3, 0.4) is 0 Å². The van der Waals surface area contributed by atoms with Gasteiger partial charge in [-0.2, -0.15) is 0 Å². The first-order valence-electron chi connectivity index (χ1n) is 11.9. The monoisotopic (exact) mass is 517 g/mol. The average molecular weight is 518 g/mol. The maximum atomic E-state index is 13.7. The Labute approximate surface area is 218 Å². The highest BCUT2D eigenvalue weighted by Crippen LogP contribution is 2.43. The molecule has 4 aromatic rings. The van der Waals surface area contributed by atoms with Gasteiger partial charge in [0, 0.05) is 19.3 Å². The molecule has 0 aliphatic carbocycles. The highest BCUT2D eigenvalue weighted by Gasteiger charge is 2.56. The van der Waals surface area contributed by atoms with Crippen LogP contribution in [-0.4, -0.2) is 55.1 Å². The van der Waals surface area contributed by atoms with Crippen molar-refractivity contribution < 1.29 is 28.8 Å². The number of fused-ring (bicyclic) bond motifs is 2. The quantitative estimate of drug-likeness (QED) is 0.358. The molecule has 196 valence electrons. The lowest BCUT2D eigenvalue weighted by atomic mass is 9.93. The smallest absolute Gasteiger partial charge is 0.272 e. The van der Waals surface area contributed by atoms with Crippen LogP contribution in [0.2, 0.25) is 0 Å². The second kappa shape index (κ2) is 9.34. The number of rotatable bonds is 6. The molecule has 3 aromatic heterocycles. The predicted molar refractivity (Wildman–Crippen MR) is 135 cm³/mol. The van der Waals surface area contributed by atoms with Crippen LogP contribution >= 0.6 is 0 Å². The number of ether oxygens (including phenoxy) is 1. The standard InChI is InChI=1S/C27H25N5O5.H2O/c1-17-22(14-36-28-17)19(3)35-13-20-6-8-21(9-7-20)27-16-30-10-4-5-24(30)26(34)32(27)12-11-31(27)25(33)23-15-37-29-18(23)2;/h4-10,14-15H,3,11-13,16H2,1-2H3;1H2. The van der Waals surface area contributed by atoms with Gasteiger partial charge in [0.05, 0.1) is 23.5 Å². The summed E-state index contributed by atoms with van der Waals surface area (Å²) in [7, 11) is 0. The van der Waals surface area contributed by atoms with Gasteiger partial charge in [0.25, 0.3) is 11.8 Å². The van der Waals surface area contributed by atoms with Crippen molar-refractivity contribution in [3.05, 3.63) is 101 Å². The lowest BCUT2D eigenvalue weighted by Gasteiger charge is -2.47. The first kappa shape index (κ1) is 25.0. The molecule has 2 amide bonds. The van der Waals surface area contributed by atoms with Crippen LogP contribution in [-0.2, 0) is 23.6 Å². The molecular formula is C27H27N5O6. The molecule has 0 bridgehead atoms. The first-order valence-corrected chi connectivity index (χ1v) is 11.9. The third-order valence-electron chi connectivity index (χ3n) is 7.23. The van der Waals surface area contributed by atoms with Crippen molar-refractivity contribution >= 4 is 17.6 Å². The minimum absolute atomic E-state index is 0. The van der Waals surface area contributed by atoms with Crippen LogP contribution < -0.4 is 0 Å². The number of aromatic nitrogens is 3. The number of hydrogen-bond donors (Lipinski definition) is 0. The van der Waals surface area contributed by atoms with Crippen LogP contribution in [0.5, 0.6) is 0 Å². The number of nitrogens with zero attached hydrogens (tertiary/aromatic N) is 5. The second-order valence-corrected chi connectivity index (χ2v) is 9.29. The minimum Gasteiger partial charge on any atom is -0.489 e. The Morgan fingerprint density at radius 1 is 1.05 bits per heavy atom.